The Kier molecular flexibility index (Phi) is 10.6. The van der Waals surface area contributed by atoms with Gasteiger partial charge in [0.1, 0.15) is 15.9 Å². The monoisotopic (exact) mass is 598 g/mol. The average Bonchev–Trinajstić information content (AvgIpc) is 3.20. The van der Waals surface area contributed by atoms with Crippen molar-refractivity contribution in [3.63, 3.8) is 0 Å². The number of rotatable bonds is 5. The average molecular weight is 598 g/mol. The van der Waals surface area contributed by atoms with Crippen LogP contribution in [0.4, 0.5) is 0 Å². The third kappa shape index (κ3) is 7.27. The van der Waals surface area contributed by atoms with Crippen molar-refractivity contribution in [2.75, 3.05) is 6.61 Å². The standard InChI is InChI=1S/C18H15P.C9H12O.Au.H2/c1-4-10-16(11-5-1)19(17-12-6-2-7-13-17)18-14-8-3-9-15-18;1-3-4-5-9-6-8(2)7-10-9;;/h1-15H;3,5-6H,1,4,7H2,2H3;;1H/q;+1;;/p+1. The Morgan fingerprint density at radius 2 is 1.27 bits per heavy atom. The van der Waals surface area contributed by atoms with Gasteiger partial charge < -0.3 is 0 Å². The maximum Gasteiger partial charge on any atom is 0.340 e. The van der Waals surface area contributed by atoms with Crippen molar-refractivity contribution < 1.29 is 28.5 Å². The minimum Gasteiger partial charge on any atom is -0.250 e. The van der Waals surface area contributed by atoms with Gasteiger partial charge in [0.15, 0.2) is 0 Å². The predicted octanol–water partition coefficient (Wildman–Crippen LogP) is 5.84. The molecular formula is C27H30AuOP+2. The van der Waals surface area contributed by atoms with Gasteiger partial charge in [-0.25, -0.2) is 0 Å². The first-order valence-electron chi connectivity index (χ1n) is 9.92. The number of hydrogen-bond donors (Lipinski definition) is 0. The third-order valence-corrected chi connectivity index (χ3v) is 7.26. The van der Waals surface area contributed by atoms with Crippen LogP contribution in [0.5, 0.6) is 0 Å². The molecule has 0 bridgehead atoms. The SMILES string of the molecule is C=CCC=C1C=C(C)C[O+]1.[Au].[HH].c1ccc([PH+](c2ccccc2)c2ccccc2)cc1. The minimum absolute atomic E-state index is 0. The van der Waals surface area contributed by atoms with Gasteiger partial charge in [-0.1, -0.05) is 60.7 Å². The van der Waals surface area contributed by atoms with Crippen molar-refractivity contribution in [3.8, 4) is 0 Å². The number of ether oxygens (including phenoxy) is 1. The normalized spacial score (nSPS) is 13.5. The van der Waals surface area contributed by atoms with Crippen LogP contribution >= 0.6 is 7.92 Å². The van der Waals surface area contributed by atoms with Crippen LogP contribution in [-0.4, -0.2) is 6.61 Å². The molecule has 1 aliphatic heterocycles. The largest absolute Gasteiger partial charge is 0.340 e. The van der Waals surface area contributed by atoms with Crippen molar-refractivity contribution in [1.29, 1.82) is 0 Å². The fourth-order valence-electron chi connectivity index (χ4n) is 3.16. The van der Waals surface area contributed by atoms with Crippen molar-refractivity contribution in [3.05, 3.63) is 127 Å². The molecule has 0 aliphatic carbocycles. The molecule has 0 atom stereocenters. The van der Waals surface area contributed by atoms with E-state index in [-0.39, 0.29) is 23.8 Å². The zero-order valence-electron chi connectivity index (χ0n) is 17.2. The van der Waals surface area contributed by atoms with Gasteiger partial charge >= 0.3 is 5.76 Å². The van der Waals surface area contributed by atoms with Gasteiger partial charge in [0.2, 0.25) is 0 Å². The molecule has 3 aromatic rings. The van der Waals surface area contributed by atoms with Gasteiger partial charge in [0.05, 0.1) is 7.92 Å². The molecule has 30 heavy (non-hydrogen) atoms. The Morgan fingerprint density at radius 1 is 0.833 bits per heavy atom. The summed E-state index contributed by atoms with van der Waals surface area (Å²) in [5.74, 6) is 0.984. The number of allylic oxidation sites excluding steroid dienone is 3. The molecule has 1 nitrogen and oxygen atoms in total. The summed E-state index contributed by atoms with van der Waals surface area (Å²) in [6.45, 7) is 6.44. The summed E-state index contributed by atoms with van der Waals surface area (Å²) in [4.78, 5) is 0. The van der Waals surface area contributed by atoms with Crippen molar-refractivity contribution in [2.24, 2.45) is 0 Å². The molecule has 0 spiro atoms. The maximum atomic E-state index is 5.29. The van der Waals surface area contributed by atoms with E-state index in [0.29, 0.717) is 0 Å². The fraction of sp³-hybridized carbons (Fsp3) is 0.111. The van der Waals surface area contributed by atoms with E-state index in [9.17, 15) is 0 Å². The van der Waals surface area contributed by atoms with E-state index < -0.39 is 7.92 Å². The second kappa shape index (κ2) is 13.2. The van der Waals surface area contributed by atoms with Crippen LogP contribution in [0, 0.1) is 0 Å². The summed E-state index contributed by atoms with van der Waals surface area (Å²) in [5, 5.41) is 4.31. The molecular weight excluding hydrogens is 568 g/mol. The molecule has 3 heteroatoms. The molecule has 3 aromatic carbocycles. The zero-order chi connectivity index (χ0) is 20.3. The number of benzene rings is 3. The van der Waals surface area contributed by atoms with Crippen LogP contribution in [-0.2, 0) is 27.1 Å². The Bertz CT molecular complexity index is 862. The van der Waals surface area contributed by atoms with Crippen LogP contribution < -0.4 is 15.9 Å². The fourth-order valence-corrected chi connectivity index (χ4v) is 5.73. The molecule has 0 N–H and O–H groups in total. The predicted molar refractivity (Wildman–Crippen MR) is 131 cm³/mol. The Morgan fingerprint density at radius 3 is 1.60 bits per heavy atom. The van der Waals surface area contributed by atoms with Crippen LogP contribution in [0.15, 0.2) is 127 Å². The minimum atomic E-state index is -0.877. The molecule has 0 aromatic heterocycles. The Labute approximate surface area is 198 Å². The van der Waals surface area contributed by atoms with Gasteiger partial charge in [0.25, 0.3) is 6.61 Å². The van der Waals surface area contributed by atoms with E-state index in [0.717, 1.165) is 18.8 Å². The first-order valence-corrected chi connectivity index (χ1v) is 11.4. The van der Waals surface area contributed by atoms with E-state index >= 15 is 0 Å². The van der Waals surface area contributed by atoms with Crippen LogP contribution in [0.25, 0.3) is 0 Å². The van der Waals surface area contributed by atoms with E-state index in [1.165, 1.54) is 21.5 Å². The molecule has 1 heterocycles. The Hall–Kier alpha value is -2.15. The van der Waals surface area contributed by atoms with Crippen molar-refractivity contribution in [2.45, 2.75) is 13.3 Å². The summed E-state index contributed by atoms with van der Waals surface area (Å²) in [7, 11) is -0.877. The summed E-state index contributed by atoms with van der Waals surface area (Å²) in [6.07, 6.45) is 6.84. The van der Waals surface area contributed by atoms with Gasteiger partial charge in [-0.3, -0.25) is 4.74 Å². The van der Waals surface area contributed by atoms with Gasteiger partial charge in [-0.05, 0) is 49.7 Å². The van der Waals surface area contributed by atoms with E-state index in [1.807, 2.05) is 12.2 Å². The van der Waals surface area contributed by atoms with Crippen molar-refractivity contribution in [1.82, 2.24) is 0 Å². The second-order valence-electron chi connectivity index (χ2n) is 6.88. The molecule has 158 valence electrons. The molecule has 4 rings (SSSR count). The van der Waals surface area contributed by atoms with E-state index in [2.05, 4.69) is 111 Å². The summed E-state index contributed by atoms with van der Waals surface area (Å²) < 4.78 is 5.29. The summed E-state index contributed by atoms with van der Waals surface area (Å²) in [5.41, 5.74) is 1.29. The molecule has 0 fully saturated rings. The van der Waals surface area contributed by atoms with Gasteiger partial charge in [0, 0.05) is 41.5 Å². The second-order valence-corrected chi connectivity index (χ2v) is 9.37. The van der Waals surface area contributed by atoms with Crippen LogP contribution in [0.3, 0.4) is 0 Å². The molecule has 0 saturated carbocycles. The molecule has 1 aliphatic rings. The molecule has 0 unspecified atom stereocenters. The van der Waals surface area contributed by atoms with E-state index in [4.69, 9.17) is 4.74 Å². The zero-order valence-corrected chi connectivity index (χ0v) is 20.4. The Balaban J connectivity index is 0.000000345. The van der Waals surface area contributed by atoms with Crippen LogP contribution in [0.1, 0.15) is 14.8 Å². The topological polar surface area (TPSA) is 11.3 Å². The summed E-state index contributed by atoms with van der Waals surface area (Å²) in [6, 6.07) is 32.5. The molecule has 0 amide bonds. The number of hydrogen-bond acceptors (Lipinski definition) is 1. The smallest absolute Gasteiger partial charge is 0.250 e. The summed E-state index contributed by atoms with van der Waals surface area (Å²) >= 11 is 0. The first-order chi connectivity index (χ1) is 14.3. The van der Waals surface area contributed by atoms with Gasteiger partial charge in [-0.15, -0.1) is 6.58 Å². The quantitative estimate of drug-likeness (QED) is 0.156. The maximum absolute atomic E-state index is 5.29. The van der Waals surface area contributed by atoms with E-state index in [1.54, 1.807) is 0 Å². The first kappa shape index (κ1) is 24.1. The van der Waals surface area contributed by atoms with Crippen LogP contribution in [0.2, 0.25) is 0 Å². The molecule has 2 radical (unpaired) electrons. The third-order valence-electron chi connectivity index (χ3n) is 4.53. The molecule has 0 saturated heterocycles. The van der Waals surface area contributed by atoms with Gasteiger partial charge in [-0.2, -0.15) is 0 Å². The van der Waals surface area contributed by atoms with Crippen molar-refractivity contribution >= 4 is 23.8 Å².